The average molecular weight is 211 g/mol. The fraction of sp³-hybridized carbons (Fsp3) is 0.250. The Hall–Kier alpha value is -2.18. The van der Waals surface area contributed by atoms with Gasteiger partial charge in [0.25, 0.3) is 0 Å². The minimum absolute atomic E-state index is 0.0974. The second kappa shape index (κ2) is 4.89. The lowest BCUT2D eigenvalue weighted by Gasteiger charge is -1.95. The second-order valence-corrected chi connectivity index (χ2v) is 2.62. The first kappa shape index (κ1) is 10.9. The number of carbonyl (C=O) groups is 2. The van der Waals surface area contributed by atoms with Gasteiger partial charge in [0.05, 0.1) is 6.54 Å². The highest BCUT2D eigenvalue weighted by Gasteiger charge is 2.03. The average Bonchev–Trinajstić information content (AvgIpc) is 2.58. The van der Waals surface area contributed by atoms with Crippen LogP contribution in [0.5, 0.6) is 0 Å². The summed E-state index contributed by atoms with van der Waals surface area (Å²) in [4.78, 5) is 24.9. The largest absolute Gasteiger partial charge is 0.478 e. The van der Waals surface area contributed by atoms with Crippen LogP contribution in [0.1, 0.15) is 11.7 Å². The van der Waals surface area contributed by atoms with E-state index in [0.29, 0.717) is 11.7 Å². The molecule has 0 bridgehead atoms. The van der Waals surface area contributed by atoms with Crippen LogP contribution in [-0.4, -0.2) is 27.1 Å². The van der Waals surface area contributed by atoms with Crippen molar-refractivity contribution in [1.82, 2.24) is 15.5 Å². The molecule has 0 fully saturated rings. The lowest BCUT2D eigenvalue weighted by molar-refractivity contribution is -0.131. The number of carboxylic acid groups (broad SMARTS) is 1. The van der Waals surface area contributed by atoms with E-state index in [4.69, 9.17) is 5.11 Å². The minimum atomic E-state index is -1.18. The summed E-state index contributed by atoms with van der Waals surface area (Å²) in [5.41, 5.74) is 0. The Morgan fingerprint density at radius 1 is 1.53 bits per heavy atom. The summed E-state index contributed by atoms with van der Waals surface area (Å²) in [7, 11) is 0. The molecular formula is C8H9N3O4. The van der Waals surface area contributed by atoms with Gasteiger partial charge >= 0.3 is 5.97 Å². The molecule has 0 unspecified atom stereocenters. The molecule has 1 heterocycles. The van der Waals surface area contributed by atoms with E-state index in [0.717, 1.165) is 12.2 Å². The molecule has 0 aromatic carbocycles. The summed E-state index contributed by atoms with van der Waals surface area (Å²) in [5, 5.41) is 14.2. The Balaban J connectivity index is 2.37. The molecule has 7 nitrogen and oxygen atoms in total. The number of carboxylic acids is 1. The van der Waals surface area contributed by atoms with Crippen molar-refractivity contribution >= 4 is 11.9 Å². The predicted molar refractivity (Wildman–Crippen MR) is 47.7 cm³/mol. The number of hydrogen-bond donors (Lipinski definition) is 2. The van der Waals surface area contributed by atoms with Gasteiger partial charge in [-0.3, -0.25) is 4.79 Å². The third-order valence-corrected chi connectivity index (χ3v) is 1.37. The van der Waals surface area contributed by atoms with Crippen LogP contribution in [0.2, 0.25) is 0 Å². The molecule has 1 aromatic rings. The van der Waals surface area contributed by atoms with Crippen molar-refractivity contribution in [2.45, 2.75) is 13.5 Å². The highest BCUT2D eigenvalue weighted by molar-refractivity contribution is 5.93. The zero-order valence-electron chi connectivity index (χ0n) is 7.93. The van der Waals surface area contributed by atoms with E-state index in [1.807, 2.05) is 0 Å². The van der Waals surface area contributed by atoms with Crippen molar-refractivity contribution < 1.29 is 19.2 Å². The van der Waals surface area contributed by atoms with Gasteiger partial charge in [-0.2, -0.15) is 4.98 Å². The van der Waals surface area contributed by atoms with Crippen LogP contribution in [0, 0.1) is 6.92 Å². The van der Waals surface area contributed by atoms with Crippen LogP contribution in [0.4, 0.5) is 0 Å². The predicted octanol–water partition coefficient (Wildman–Crippen LogP) is -0.365. The van der Waals surface area contributed by atoms with E-state index in [1.165, 1.54) is 0 Å². The molecule has 0 saturated carbocycles. The van der Waals surface area contributed by atoms with Crippen molar-refractivity contribution in [3.63, 3.8) is 0 Å². The van der Waals surface area contributed by atoms with Crippen molar-refractivity contribution in [1.29, 1.82) is 0 Å². The first-order valence-corrected chi connectivity index (χ1v) is 4.06. The lowest BCUT2D eigenvalue weighted by atomic mass is 10.4. The van der Waals surface area contributed by atoms with Gasteiger partial charge in [0, 0.05) is 19.1 Å². The maximum Gasteiger partial charge on any atom is 0.328 e. The molecule has 7 heteroatoms. The molecule has 80 valence electrons. The third kappa shape index (κ3) is 4.03. The van der Waals surface area contributed by atoms with Gasteiger partial charge < -0.3 is 14.9 Å². The molecule has 1 aromatic heterocycles. The number of aromatic nitrogens is 2. The number of amides is 1. The Labute approximate surface area is 84.8 Å². The summed E-state index contributed by atoms with van der Waals surface area (Å²) in [6.45, 7) is 1.72. The van der Waals surface area contributed by atoms with Crippen LogP contribution in [0.15, 0.2) is 16.7 Å². The maximum atomic E-state index is 11.0. The van der Waals surface area contributed by atoms with Crippen molar-refractivity contribution in [2.75, 3.05) is 0 Å². The minimum Gasteiger partial charge on any atom is -0.478 e. The van der Waals surface area contributed by atoms with E-state index < -0.39 is 11.9 Å². The summed E-state index contributed by atoms with van der Waals surface area (Å²) >= 11 is 0. The van der Waals surface area contributed by atoms with Gasteiger partial charge in [-0.1, -0.05) is 5.16 Å². The topological polar surface area (TPSA) is 105 Å². The van der Waals surface area contributed by atoms with Crippen LogP contribution >= 0.6 is 0 Å². The van der Waals surface area contributed by atoms with Gasteiger partial charge in [-0.25, -0.2) is 4.79 Å². The fourth-order valence-electron chi connectivity index (χ4n) is 0.785. The highest BCUT2D eigenvalue weighted by atomic mass is 16.5. The van der Waals surface area contributed by atoms with E-state index in [1.54, 1.807) is 6.92 Å². The number of nitrogens with one attached hydrogen (secondary N) is 1. The third-order valence-electron chi connectivity index (χ3n) is 1.37. The summed E-state index contributed by atoms with van der Waals surface area (Å²) < 4.78 is 4.67. The lowest BCUT2D eigenvalue weighted by Crippen LogP contribution is -2.21. The molecule has 15 heavy (non-hydrogen) atoms. The van der Waals surface area contributed by atoms with Gasteiger partial charge in [0.2, 0.25) is 11.8 Å². The van der Waals surface area contributed by atoms with E-state index in [-0.39, 0.29) is 6.54 Å². The molecule has 0 radical (unpaired) electrons. The first-order chi connectivity index (χ1) is 7.08. The van der Waals surface area contributed by atoms with Crippen LogP contribution in [-0.2, 0) is 16.1 Å². The molecule has 1 rings (SSSR count). The highest BCUT2D eigenvalue weighted by Crippen LogP contribution is 1.93. The van der Waals surface area contributed by atoms with Gasteiger partial charge in [-0.05, 0) is 0 Å². The van der Waals surface area contributed by atoms with Crippen molar-refractivity contribution in [3.05, 3.63) is 23.9 Å². The summed E-state index contributed by atoms with van der Waals surface area (Å²) in [6.07, 6.45) is 1.66. The van der Waals surface area contributed by atoms with E-state index >= 15 is 0 Å². The van der Waals surface area contributed by atoms with Gasteiger partial charge in [0.15, 0.2) is 5.82 Å². The normalized spacial score (nSPS) is 10.5. The summed E-state index contributed by atoms with van der Waals surface area (Å²) in [6, 6.07) is 0. The molecule has 0 aliphatic heterocycles. The van der Waals surface area contributed by atoms with E-state index in [2.05, 4.69) is 20.0 Å². The van der Waals surface area contributed by atoms with Crippen LogP contribution in [0.25, 0.3) is 0 Å². The number of rotatable bonds is 4. The molecule has 0 saturated heterocycles. The van der Waals surface area contributed by atoms with Crippen LogP contribution < -0.4 is 5.32 Å². The smallest absolute Gasteiger partial charge is 0.328 e. The SMILES string of the molecule is Cc1nc(CNC(=O)/C=C/C(=O)O)no1. The van der Waals surface area contributed by atoms with Crippen molar-refractivity contribution in [3.8, 4) is 0 Å². The molecule has 0 spiro atoms. The van der Waals surface area contributed by atoms with Crippen molar-refractivity contribution in [2.24, 2.45) is 0 Å². The molecule has 2 N–H and O–H groups in total. The second-order valence-electron chi connectivity index (χ2n) is 2.62. The van der Waals surface area contributed by atoms with Gasteiger partial charge in [-0.15, -0.1) is 0 Å². The molecule has 0 atom stereocenters. The number of aryl methyl sites for hydroxylation is 1. The zero-order valence-corrected chi connectivity index (χ0v) is 7.93. The van der Waals surface area contributed by atoms with Crippen LogP contribution in [0.3, 0.4) is 0 Å². The molecular weight excluding hydrogens is 202 g/mol. The quantitative estimate of drug-likeness (QED) is 0.658. The number of nitrogens with zero attached hydrogens (tertiary/aromatic N) is 2. The Morgan fingerprint density at radius 3 is 2.80 bits per heavy atom. The Morgan fingerprint density at radius 2 is 2.27 bits per heavy atom. The standard InChI is InChI=1S/C8H9N3O4/c1-5-10-6(11-15-5)4-9-7(12)2-3-8(13)14/h2-3H,4H2,1H3,(H,9,12)(H,13,14)/b3-2+. The Kier molecular flexibility index (Phi) is 3.55. The zero-order chi connectivity index (χ0) is 11.3. The fourth-order valence-corrected chi connectivity index (χ4v) is 0.785. The molecule has 0 aliphatic rings. The first-order valence-electron chi connectivity index (χ1n) is 4.06. The summed E-state index contributed by atoms with van der Waals surface area (Å²) in [5.74, 6) is -0.967. The Bertz CT molecular complexity index is 396. The molecule has 0 aliphatic carbocycles. The number of hydrogen-bond acceptors (Lipinski definition) is 5. The molecule has 1 amide bonds. The number of aliphatic carboxylic acids is 1. The van der Waals surface area contributed by atoms with Gasteiger partial charge in [0.1, 0.15) is 0 Å². The maximum absolute atomic E-state index is 11.0. The number of carbonyl (C=O) groups excluding carboxylic acids is 1. The monoisotopic (exact) mass is 211 g/mol. The van der Waals surface area contributed by atoms with E-state index in [9.17, 15) is 9.59 Å².